The third kappa shape index (κ3) is 3.80. The number of hydrogen-bond donors (Lipinski definition) is 1. The van der Waals surface area contributed by atoms with E-state index in [1.54, 1.807) is 30.3 Å². The molecule has 0 amide bonds. The Labute approximate surface area is 138 Å². The van der Waals surface area contributed by atoms with E-state index in [0.717, 1.165) is 10.2 Å². The molecule has 2 aromatic carbocycles. The van der Waals surface area contributed by atoms with Crippen molar-refractivity contribution in [1.29, 1.82) is 5.26 Å². The quantitative estimate of drug-likeness (QED) is 0.589. The number of nitrogens with one attached hydrogen (secondary N) is 1. The van der Waals surface area contributed by atoms with Gasteiger partial charge in [-0.2, -0.15) is 5.26 Å². The van der Waals surface area contributed by atoms with E-state index in [9.17, 15) is 10.1 Å². The van der Waals surface area contributed by atoms with Gasteiger partial charge in [-0.1, -0.05) is 15.9 Å². The highest BCUT2D eigenvalue weighted by atomic mass is 79.9. The molecule has 0 fully saturated rings. The molecule has 0 radical (unpaired) electrons. The standard InChI is InChI=1S/C14H9Br2N3O2/c15-11-3-2-10(14(6-11)19(20)21)8-18-13-4-1-9(7-17)5-12(13)16/h1-6,18H,8H2. The summed E-state index contributed by atoms with van der Waals surface area (Å²) in [5.41, 5.74) is 1.95. The molecular weight excluding hydrogens is 402 g/mol. The normalized spacial score (nSPS) is 9.95. The number of halogens is 2. The van der Waals surface area contributed by atoms with Gasteiger partial charge in [0.15, 0.2) is 0 Å². The number of nitro groups is 1. The minimum Gasteiger partial charge on any atom is -0.380 e. The van der Waals surface area contributed by atoms with Crippen molar-refractivity contribution < 1.29 is 4.92 Å². The molecule has 0 spiro atoms. The highest BCUT2D eigenvalue weighted by Crippen LogP contribution is 2.27. The average molecular weight is 411 g/mol. The second-order valence-electron chi connectivity index (χ2n) is 4.19. The molecule has 21 heavy (non-hydrogen) atoms. The molecule has 106 valence electrons. The van der Waals surface area contributed by atoms with Gasteiger partial charge in [0, 0.05) is 32.8 Å². The Hall–Kier alpha value is -1.91. The average Bonchev–Trinajstić information content (AvgIpc) is 2.46. The smallest absolute Gasteiger partial charge is 0.275 e. The van der Waals surface area contributed by atoms with Gasteiger partial charge in [-0.05, 0) is 46.3 Å². The van der Waals surface area contributed by atoms with E-state index in [4.69, 9.17) is 5.26 Å². The predicted molar refractivity (Wildman–Crippen MR) is 87.0 cm³/mol. The Kier molecular flexibility index (Phi) is 4.94. The zero-order valence-electron chi connectivity index (χ0n) is 10.6. The van der Waals surface area contributed by atoms with Crippen LogP contribution in [0.4, 0.5) is 11.4 Å². The van der Waals surface area contributed by atoms with Gasteiger partial charge in [0.2, 0.25) is 0 Å². The molecule has 0 aliphatic rings. The predicted octanol–water partition coefficient (Wildman–Crippen LogP) is 4.60. The molecule has 0 atom stereocenters. The topological polar surface area (TPSA) is 79.0 Å². The molecule has 2 rings (SSSR count). The third-order valence-corrected chi connectivity index (χ3v) is 3.96. The Morgan fingerprint density at radius 2 is 2.00 bits per heavy atom. The van der Waals surface area contributed by atoms with Crippen LogP contribution in [0.5, 0.6) is 0 Å². The van der Waals surface area contributed by atoms with Crippen LogP contribution in [0.25, 0.3) is 0 Å². The number of anilines is 1. The van der Waals surface area contributed by atoms with Crippen molar-refractivity contribution in [2.45, 2.75) is 6.54 Å². The van der Waals surface area contributed by atoms with E-state index < -0.39 is 4.92 Å². The molecule has 0 saturated carbocycles. The summed E-state index contributed by atoms with van der Waals surface area (Å²) >= 11 is 6.59. The first kappa shape index (κ1) is 15.5. The van der Waals surface area contributed by atoms with Gasteiger partial charge in [-0.3, -0.25) is 10.1 Å². The Balaban J connectivity index is 2.21. The summed E-state index contributed by atoms with van der Waals surface area (Å²) in [7, 11) is 0. The lowest BCUT2D eigenvalue weighted by molar-refractivity contribution is -0.385. The number of nitrogens with zero attached hydrogens (tertiary/aromatic N) is 2. The van der Waals surface area contributed by atoms with Gasteiger partial charge in [0.05, 0.1) is 16.6 Å². The second-order valence-corrected chi connectivity index (χ2v) is 5.96. The monoisotopic (exact) mass is 409 g/mol. The molecule has 0 bridgehead atoms. The van der Waals surface area contributed by atoms with E-state index in [1.165, 1.54) is 6.07 Å². The molecule has 0 saturated heterocycles. The maximum atomic E-state index is 11.0. The van der Waals surface area contributed by atoms with Gasteiger partial charge in [0.25, 0.3) is 5.69 Å². The van der Waals surface area contributed by atoms with Crippen LogP contribution in [0.2, 0.25) is 0 Å². The van der Waals surface area contributed by atoms with Crippen LogP contribution in [0, 0.1) is 21.4 Å². The lowest BCUT2D eigenvalue weighted by Gasteiger charge is -2.09. The van der Waals surface area contributed by atoms with Crippen molar-refractivity contribution in [3.05, 3.63) is 66.6 Å². The number of hydrogen-bond acceptors (Lipinski definition) is 4. The van der Waals surface area contributed by atoms with Gasteiger partial charge >= 0.3 is 0 Å². The van der Waals surface area contributed by atoms with E-state index in [1.807, 2.05) is 6.07 Å². The van der Waals surface area contributed by atoms with E-state index in [-0.39, 0.29) is 5.69 Å². The molecule has 0 unspecified atom stereocenters. The molecule has 0 heterocycles. The largest absolute Gasteiger partial charge is 0.380 e. The highest BCUT2D eigenvalue weighted by Gasteiger charge is 2.14. The van der Waals surface area contributed by atoms with Crippen molar-refractivity contribution in [2.24, 2.45) is 0 Å². The summed E-state index contributed by atoms with van der Waals surface area (Å²) in [4.78, 5) is 10.6. The van der Waals surface area contributed by atoms with Gasteiger partial charge in [-0.15, -0.1) is 0 Å². The Morgan fingerprint density at radius 1 is 1.24 bits per heavy atom. The minimum atomic E-state index is -0.407. The van der Waals surface area contributed by atoms with Gasteiger partial charge in [-0.25, -0.2) is 0 Å². The summed E-state index contributed by atoms with van der Waals surface area (Å²) in [5, 5.41) is 23.0. The molecule has 1 N–H and O–H groups in total. The van der Waals surface area contributed by atoms with Crippen LogP contribution >= 0.6 is 31.9 Å². The van der Waals surface area contributed by atoms with E-state index in [2.05, 4.69) is 37.2 Å². The lowest BCUT2D eigenvalue weighted by Crippen LogP contribution is -2.03. The van der Waals surface area contributed by atoms with Crippen molar-refractivity contribution >= 4 is 43.2 Å². The number of nitriles is 1. The summed E-state index contributed by atoms with van der Waals surface area (Å²) in [5.74, 6) is 0. The fourth-order valence-electron chi connectivity index (χ4n) is 1.77. The Bertz CT molecular complexity index is 741. The highest BCUT2D eigenvalue weighted by molar-refractivity contribution is 9.10. The molecule has 5 nitrogen and oxygen atoms in total. The summed E-state index contributed by atoms with van der Waals surface area (Å²) in [6.45, 7) is 0.314. The SMILES string of the molecule is N#Cc1ccc(NCc2ccc(Br)cc2[N+](=O)[O-])c(Br)c1. The van der Waals surface area contributed by atoms with Crippen molar-refractivity contribution in [1.82, 2.24) is 0 Å². The first-order chi connectivity index (χ1) is 10.0. The van der Waals surface area contributed by atoms with Crippen LogP contribution in [0.15, 0.2) is 45.3 Å². The Morgan fingerprint density at radius 3 is 2.62 bits per heavy atom. The van der Waals surface area contributed by atoms with E-state index in [0.29, 0.717) is 22.1 Å². The first-order valence-electron chi connectivity index (χ1n) is 5.87. The van der Waals surface area contributed by atoms with Crippen LogP contribution in [-0.2, 0) is 6.54 Å². The molecule has 2 aromatic rings. The fourth-order valence-corrected chi connectivity index (χ4v) is 2.64. The second kappa shape index (κ2) is 6.70. The van der Waals surface area contributed by atoms with Crippen molar-refractivity contribution in [2.75, 3.05) is 5.32 Å². The molecule has 7 heteroatoms. The maximum absolute atomic E-state index is 11.0. The summed E-state index contributed by atoms with van der Waals surface area (Å²) < 4.78 is 1.40. The maximum Gasteiger partial charge on any atom is 0.275 e. The molecule has 0 aliphatic carbocycles. The van der Waals surface area contributed by atoms with Gasteiger partial charge < -0.3 is 5.32 Å². The first-order valence-corrected chi connectivity index (χ1v) is 7.46. The van der Waals surface area contributed by atoms with Gasteiger partial charge in [0.1, 0.15) is 0 Å². The lowest BCUT2D eigenvalue weighted by atomic mass is 10.1. The van der Waals surface area contributed by atoms with Crippen LogP contribution in [0.1, 0.15) is 11.1 Å². The summed E-state index contributed by atoms with van der Waals surface area (Å²) in [6, 6.07) is 12.1. The zero-order valence-corrected chi connectivity index (χ0v) is 13.8. The number of benzene rings is 2. The molecule has 0 aliphatic heterocycles. The minimum absolute atomic E-state index is 0.0571. The van der Waals surface area contributed by atoms with Crippen LogP contribution < -0.4 is 5.32 Å². The van der Waals surface area contributed by atoms with Crippen LogP contribution in [0.3, 0.4) is 0 Å². The fraction of sp³-hybridized carbons (Fsp3) is 0.0714. The van der Waals surface area contributed by atoms with Crippen molar-refractivity contribution in [3.63, 3.8) is 0 Å². The summed E-state index contributed by atoms with van der Waals surface area (Å²) in [6.07, 6.45) is 0. The number of nitro benzene ring substituents is 1. The molecule has 0 aromatic heterocycles. The zero-order chi connectivity index (χ0) is 15.4. The third-order valence-electron chi connectivity index (χ3n) is 2.81. The molecular formula is C14H9Br2N3O2. The number of rotatable bonds is 4. The van der Waals surface area contributed by atoms with E-state index >= 15 is 0 Å². The van der Waals surface area contributed by atoms with Crippen LogP contribution in [-0.4, -0.2) is 4.92 Å². The van der Waals surface area contributed by atoms with Crippen molar-refractivity contribution in [3.8, 4) is 6.07 Å².